The number of hydrogen-bond donors (Lipinski definition) is 2. The molecule has 1 heterocycles. The van der Waals surface area contributed by atoms with E-state index in [0.29, 0.717) is 24.4 Å². The fraction of sp³-hybridized carbons (Fsp3) is 0.615. The van der Waals surface area contributed by atoms with Crippen molar-refractivity contribution < 1.29 is 4.79 Å². The van der Waals surface area contributed by atoms with Gasteiger partial charge in [-0.1, -0.05) is 6.92 Å². The average Bonchev–Trinajstić information content (AvgIpc) is 3.19. The van der Waals surface area contributed by atoms with Crippen molar-refractivity contribution in [3.8, 4) is 0 Å². The number of nitrogens with two attached hydrogens (primary N) is 1. The van der Waals surface area contributed by atoms with E-state index >= 15 is 0 Å². The molecule has 1 unspecified atom stereocenters. The maximum Gasteiger partial charge on any atom is 0.253 e. The minimum absolute atomic E-state index is 0.0767. The zero-order valence-corrected chi connectivity index (χ0v) is 10.9. The molecule has 0 aliphatic heterocycles. The molecule has 0 radical (unpaired) electrons. The van der Waals surface area contributed by atoms with Crippen molar-refractivity contribution in [2.75, 3.05) is 6.54 Å². The fourth-order valence-electron chi connectivity index (χ4n) is 2.09. The molecule has 1 aliphatic carbocycles. The number of amides is 1. The molecule has 0 bridgehead atoms. The third-order valence-electron chi connectivity index (χ3n) is 3.33. The summed E-state index contributed by atoms with van der Waals surface area (Å²) in [4.78, 5) is 12.2. The van der Waals surface area contributed by atoms with Crippen LogP contribution in [0.3, 0.4) is 0 Å². The van der Waals surface area contributed by atoms with Gasteiger partial charge in [0.25, 0.3) is 5.91 Å². The van der Waals surface area contributed by atoms with Gasteiger partial charge in [0.05, 0.1) is 17.0 Å². The third-order valence-corrected chi connectivity index (χ3v) is 3.33. The molecule has 98 valence electrons. The maximum atomic E-state index is 12.2. The molecule has 1 aromatic rings. The molecule has 0 aromatic carbocycles. The van der Waals surface area contributed by atoms with E-state index in [4.69, 9.17) is 5.73 Å². The highest BCUT2D eigenvalue weighted by molar-refractivity contribution is 5.95. The van der Waals surface area contributed by atoms with Gasteiger partial charge in [0.1, 0.15) is 0 Å². The van der Waals surface area contributed by atoms with Crippen molar-refractivity contribution in [2.45, 2.75) is 39.2 Å². The van der Waals surface area contributed by atoms with Crippen LogP contribution in [0, 0.1) is 12.8 Å². The maximum absolute atomic E-state index is 12.2. The highest BCUT2D eigenvalue weighted by atomic mass is 16.1. The van der Waals surface area contributed by atoms with Crippen LogP contribution in [0.5, 0.6) is 0 Å². The van der Waals surface area contributed by atoms with Crippen molar-refractivity contribution in [1.82, 2.24) is 15.5 Å². The Morgan fingerprint density at radius 1 is 1.56 bits per heavy atom. The minimum atomic E-state index is -0.0767. The van der Waals surface area contributed by atoms with Gasteiger partial charge in [0.15, 0.2) is 0 Å². The Morgan fingerprint density at radius 2 is 2.28 bits per heavy atom. The molecule has 1 fully saturated rings. The second-order valence-corrected chi connectivity index (χ2v) is 4.85. The largest absolute Gasteiger partial charge is 0.348 e. The van der Waals surface area contributed by atoms with Crippen LogP contribution in [0.2, 0.25) is 0 Å². The summed E-state index contributed by atoms with van der Waals surface area (Å²) < 4.78 is 0. The summed E-state index contributed by atoms with van der Waals surface area (Å²) in [6, 6.07) is 1.89. The Labute approximate surface area is 107 Å². The lowest BCUT2D eigenvalue weighted by Crippen LogP contribution is -2.42. The number of nitrogens with zero attached hydrogens (tertiary/aromatic N) is 2. The molecule has 0 saturated heterocycles. The highest BCUT2D eigenvalue weighted by Crippen LogP contribution is 2.32. The highest BCUT2D eigenvalue weighted by Gasteiger charge is 2.31. The monoisotopic (exact) mass is 248 g/mol. The first kappa shape index (κ1) is 13.0. The second-order valence-electron chi connectivity index (χ2n) is 4.85. The molecule has 1 saturated carbocycles. The predicted molar refractivity (Wildman–Crippen MR) is 69.2 cm³/mol. The Morgan fingerprint density at radius 3 is 2.83 bits per heavy atom. The lowest BCUT2D eigenvalue weighted by atomic mass is 10.1. The lowest BCUT2D eigenvalue weighted by molar-refractivity contribution is 0.0931. The summed E-state index contributed by atoms with van der Waals surface area (Å²) in [5.74, 6) is 0.479. The molecule has 1 atom stereocenters. The fourth-order valence-corrected chi connectivity index (χ4v) is 2.09. The van der Waals surface area contributed by atoms with Crippen LogP contribution < -0.4 is 11.1 Å². The van der Waals surface area contributed by atoms with Crippen LogP contribution in [0.4, 0.5) is 0 Å². The summed E-state index contributed by atoms with van der Waals surface area (Å²) in [5.41, 5.74) is 7.82. The first-order valence-electron chi connectivity index (χ1n) is 6.49. The lowest BCUT2D eigenvalue weighted by Gasteiger charge is -2.17. The molecule has 1 amide bonds. The van der Waals surface area contributed by atoms with Gasteiger partial charge in [0, 0.05) is 12.6 Å². The van der Waals surface area contributed by atoms with Gasteiger partial charge in [0.2, 0.25) is 0 Å². The third kappa shape index (κ3) is 2.85. The minimum Gasteiger partial charge on any atom is -0.348 e. The second kappa shape index (κ2) is 5.44. The summed E-state index contributed by atoms with van der Waals surface area (Å²) in [5, 5.41) is 11.1. The molecular formula is C13H20N4O. The van der Waals surface area contributed by atoms with Crippen molar-refractivity contribution in [2.24, 2.45) is 11.7 Å². The molecule has 5 nitrogen and oxygen atoms in total. The summed E-state index contributed by atoms with van der Waals surface area (Å²) in [6.07, 6.45) is 3.03. The molecular weight excluding hydrogens is 228 g/mol. The van der Waals surface area contributed by atoms with Gasteiger partial charge >= 0.3 is 0 Å². The van der Waals surface area contributed by atoms with Gasteiger partial charge in [-0.3, -0.25) is 4.79 Å². The number of aryl methyl sites for hydroxylation is 2. The van der Waals surface area contributed by atoms with Crippen LogP contribution in [-0.2, 0) is 6.42 Å². The zero-order chi connectivity index (χ0) is 13.1. The van der Waals surface area contributed by atoms with Crippen molar-refractivity contribution in [3.05, 3.63) is 23.0 Å². The quantitative estimate of drug-likeness (QED) is 0.808. The smallest absolute Gasteiger partial charge is 0.253 e. The standard InChI is InChI=1S/C13H20N4O/c1-3-11-10(6-8(2)16-17-11)13(18)15-12(7-14)9-4-5-9/h6,9,12H,3-5,7,14H2,1-2H3,(H,15,18). The Kier molecular flexibility index (Phi) is 3.91. The molecule has 5 heteroatoms. The SMILES string of the molecule is CCc1nnc(C)cc1C(=O)NC(CN)C1CC1. The van der Waals surface area contributed by atoms with E-state index in [-0.39, 0.29) is 11.9 Å². The first-order chi connectivity index (χ1) is 8.65. The van der Waals surface area contributed by atoms with Gasteiger partial charge in [-0.05, 0) is 38.2 Å². The molecule has 2 rings (SSSR count). The van der Waals surface area contributed by atoms with Crippen LogP contribution >= 0.6 is 0 Å². The van der Waals surface area contributed by atoms with Gasteiger partial charge in [-0.2, -0.15) is 10.2 Å². The van der Waals surface area contributed by atoms with E-state index in [2.05, 4.69) is 15.5 Å². The van der Waals surface area contributed by atoms with Crippen LogP contribution in [0.15, 0.2) is 6.07 Å². The number of carbonyl (C=O) groups is 1. The Hall–Kier alpha value is -1.49. The van der Waals surface area contributed by atoms with Crippen molar-refractivity contribution in [1.29, 1.82) is 0 Å². The number of aromatic nitrogens is 2. The van der Waals surface area contributed by atoms with Gasteiger partial charge < -0.3 is 11.1 Å². The van der Waals surface area contributed by atoms with E-state index in [9.17, 15) is 4.79 Å². The van der Waals surface area contributed by atoms with Crippen molar-refractivity contribution in [3.63, 3.8) is 0 Å². The Bertz CT molecular complexity index is 443. The number of rotatable bonds is 5. The number of nitrogens with one attached hydrogen (secondary N) is 1. The topological polar surface area (TPSA) is 80.9 Å². The Balaban J connectivity index is 2.14. The van der Waals surface area contributed by atoms with Crippen LogP contribution in [0.1, 0.15) is 41.5 Å². The van der Waals surface area contributed by atoms with Crippen LogP contribution in [0.25, 0.3) is 0 Å². The summed E-state index contributed by atoms with van der Waals surface area (Å²) >= 11 is 0. The van der Waals surface area contributed by atoms with E-state index in [0.717, 1.165) is 24.2 Å². The van der Waals surface area contributed by atoms with E-state index in [1.165, 1.54) is 0 Å². The van der Waals surface area contributed by atoms with E-state index in [1.54, 1.807) is 6.07 Å². The molecule has 3 N–H and O–H groups in total. The first-order valence-corrected chi connectivity index (χ1v) is 6.49. The van der Waals surface area contributed by atoms with E-state index in [1.807, 2.05) is 13.8 Å². The zero-order valence-electron chi connectivity index (χ0n) is 10.9. The predicted octanol–water partition coefficient (Wildman–Crippen LogP) is 0.815. The summed E-state index contributed by atoms with van der Waals surface area (Å²) in [7, 11) is 0. The van der Waals surface area contributed by atoms with Gasteiger partial charge in [-0.15, -0.1) is 0 Å². The van der Waals surface area contributed by atoms with E-state index < -0.39 is 0 Å². The molecule has 18 heavy (non-hydrogen) atoms. The average molecular weight is 248 g/mol. The normalized spacial score (nSPS) is 16.4. The summed E-state index contributed by atoms with van der Waals surface area (Å²) in [6.45, 7) is 4.30. The van der Waals surface area contributed by atoms with Crippen LogP contribution in [-0.4, -0.2) is 28.7 Å². The van der Waals surface area contributed by atoms with Gasteiger partial charge in [-0.25, -0.2) is 0 Å². The molecule has 1 aromatic heterocycles. The number of carbonyl (C=O) groups excluding carboxylic acids is 1. The number of hydrogen-bond acceptors (Lipinski definition) is 4. The molecule has 0 spiro atoms. The van der Waals surface area contributed by atoms with Crippen molar-refractivity contribution >= 4 is 5.91 Å². The molecule has 1 aliphatic rings.